The number of esters is 1. The Labute approximate surface area is 211 Å². The van der Waals surface area contributed by atoms with E-state index in [1.54, 1.807) is 57.3 Å². The normalized spacial score (nSPS) is 11.7. The Bertz CT molecular complexity index is 1310. The molecule has 0 saturated carbocycles. The molecule has 9 nitrogen and oxygen atoms in total. The van der Waals surface area contributed by atoms with Crippen LogP contribution in [0.4, 0.5) is 0 Å². The van der Waals surface area contributed by atoms with Gasteiger partial charge in [-0.1, -0.05) is 12.1 Å². The molecular formula is C25H28BrN3O6. The Hall–Kier alpha value is -3.40. The Balaban J connectivity index is 2.16. The molecule has 0 aliphatic heterocycles. The van der Waals surface area contributed by atoms with Gasteiger partial charge in [0.1, 0.15) is 17.3 Å². The Morgan fingerprint density at radius 3 is 2.51 bits per heavy atom. The zero-order chi connectivity index (χ0) is 25.7. The van der Waals surface area contributed by atoms with Crippen molar-refractivity contribution in [2.24, 2.45) is 0 Å². The first-order valence-electron chi connectivity index (χ1n) is 11.1. The third-order valence-electron chi connectivity index (χ3n) is 5.69. The van der Waals surface area contributed by atoms with Gasteiger partial charge in [0.05, 0.1) is 54.4 Å². The summed E-state index contributed by atoms with van der Waals surface area (Å²) in [5.41, 5.74) is 0.661. The van der Waals surface area contributed by atoms with E-state index in [1.807, 2.05) is 0 Å². The van der Waals surface area contributed by atoms with Gasteiger partial charge < -0.3 is 19.1 Å². The molecule has 0 aliphatic carbocycles. The highest BCUT2D eigenvalue weighted by molar-refractivity contribution is 9.10. The predicted octanol–water partition coefficient (Wildman–Crippen LogP) is 4.03. The highest BCUT2D eigenvalue weighted by Gasteiger charge is 2.26. The number of rotatable bonds is 9. The highest BCUT2D eigenvalue weighted by Crippen LogP contribution is 2.36. The fourth-order valence-corrected chi connectivity index (χ4v) is 4.23. The number of carbonyl (C=O) groups is 2. The summed E-state index contributed by atoms with van der Waals surface area (Å²) in [4.78, 5) is 44.6. The van der Waals surface area contributed by atoms with Gasteiger partial charge >= 0.3 is 5.97 Å². The van der Waals surface area contributed by atoms with Gasteiger partial charge in [-0.25, -0.2) is 4.98 Å². The summed E-state index contributed by atoms with van der Waals surface area (Å²) in [7, 11) is 4.66. The lowest BCUT2D eigenvalue weighted by atomic mass is 10.1. The van der Waals surface area contributed by atoms with E-state index in [2.05, 4.69) is 15.9 Å². The minimum atomic E-state index is -0.605. The van der Waals surface area contributed by atoms with Crippen molar-refractivity contribution in [1.29, 1.82) is 0 Å². The van der Waals surface area contributed by atoms with Gasteiger partial charge in [0, 0.05) is 25.6 Å². The second kappa shape index (κ2) is 11.4. The first-order chi connectivity index (χ1) is 16.7. The molecule has 0 N–H and O–H groups in total. The molecule has 0 bridgehead atoms. The summed E-state index contributed by atoms with van der Waals surface area (Å²) in [6, 6.07) is 9.81. The lowest BCUT2D eigenvalue weighted by molar-refractivity contribution is -0.145. The number of fused-ring (bicyclic) bond motifs is 1. The average molecular weight is 546 g/mol. The maximum atomic E-state index is 13.7. The Morgan fingerprint density at radius 1 is 1.14 bits per heavy atom. The van der Waals surface area contributed by atoms with Gasteiger partial charge in [-0.15, -0.1) is 0 Å². The van der Waals surface area contributed by atoms with Crippen LogP contribution in [0.2, 0.25) is 0 Å². The number of halogens is 1. The number of aromatic nitrogens is 2. The first kappa shape index (κ1) is 26.2. The van der Waals surface area contributed by atoms with E-state index >= 15 is 0 Å². The van der Waals surface area contributed by atoms with Crippen LogP contribution in [0.3, 0.4) is 0 Å². The molecule has 1 aromatic heterocycles. The van der Waals surface area contributed by atoms with E-state index in [4.69, 9.17) is 19.2 Å². The quantitative estimate of drug-likeness (QED) is 0.374. The number of para-hydroxylation sites is 1. The summed E-state index contributed by atoms with van der Waals surface area (Å²) < 4.78 is 17.8. The zero-order valence-electron chi connectivity index (χ0n) is 20.3. The SMILES string of the molecule is CCOC(=O)CCC(=O)N(C)C(C)c1nc2ccccc2c(=O)n1-c1cc(OC)cc(OC)c1Br. The zero-order valence-corrected chi connectivity index (χ0v) is 21.9. The van der Waals surface area contributed by atoms with Crippen LogP contribution in [-0.4, -0.2) is 54.2 Å². The Kier molecular flexibility index (Phi) is 8.50. The summed E-state index contributed by atoms with van der Waals surface area (Å²) in [6.07, 6.45) is -0.0471. The molecule has 1 unspecified atom stereocenters. The van der Waals surface area contributed by atoms with Crippen molar-refractivity contribution in [1.82, 2.24) is 14.5 Å². The molecule has 1 heterocycles. The van der Waals surface area contributed by atoms with Gasteiger partial charge in [-0.05, 0) is 41.9 Å². The van der Waals surface area contributed by atoms with Gasteiger partial charge in [-0.3, -0.25) is 19.0 Å². The van der Waals surface area contributed by atoms with E-state index in [1.165, 1.54) is 23.7 Å². The summed E-state index contributed by atoms with van der Waals surface area (Å²) in [5, 5.41) is 0.424. The fraction of sp³-hybridized carbons (Fsp3) is 0.360. The lowest BCUT2D eigenvalue weighted by Crippen LogP contribution is -2.35. The van der Waals surface area contributed by atoms with Crippen molar-refractivity contribution in [2.45, 2.75) is 32.7 Å². The lowest BCUT2D eigenvalue weighted by Gasteiger charge is -2.27. The van der Waals surface area contributed by atoms with E-state index in [-0.39, 0.29) is 30.9 Å². The fourth-order valence-electron chi connectivity index (χ4n) is 3.66. The maximum Gasteiger partial charge on any atom is 0.306 e. The molecule has 186 valence electrons. The van der Waals surface area contributed by atoms with E-state index in [0.717, 1.165) is 0 Å². The molecular weight excluding hydrogens is 518 g/mol. The molecule has 0 radical (unpaired) electrons. The number of nitrogens with zero attached hydrogens (tertiary/aromatic N) is 3. The number of carbonyl (C=O) groups excluding carboxylic acids is 2. The molecule has 1 atom stereocenters. The standard InChI is InChI=1S/C25H28BrN3O6/c1-6-35-22(31)12-11-21(30)28(3)15(2)24-27-18-10-8-7-9-17(18)25(32)29(24)19-13-16(33-4)14-20(34-5)23(19)26/h7-10,13-15H,6,11-12H2,1-5H3. The first-order valence-corrected chi connectivity index (χ1v) is 11.9. The third-order valence-corrected chi connectivity index (χ3v) is 6.49. The molecule has 0 fully saturated rings. The van der Waals surface area contributed by atoms with Crippen LogP contribution in [-0.2, 0) is 14.3 Å². The van der Waals surface area contributed by atoms with Crippen molar-refractivity contribution >= 4 is 38.7 Å². The number of ether oxygens (including phenoxy) is 3. The van der Waals surface area contributed by atoms with Gasteiger partial charge in [0.15, 0.2) is 0 Å². The van der Waals surface area contributed by atoms with E-state index in [0.29, 0.717) is 38.4 Å². The molecule has 3 aromatic rings. The van der Waals surface area contributed by atoms with Crippen LogP contribution in [0.1, 0.15) is 38.6 Å². The van der Waals surface area contributed by atoms with Crippen LogP contribution < -0.4 is 15.0 Å². The number of methoxy groups -OCH3 is 2. The Morgan fingerprint density at radius 2 is 1.86 bits per heavy atom. The second-order valence-corrected chi connectivity index (χ2v) is 8.57. The van der Waals surface area contributed by atoms with Crippen LogP contribution in [0.5, 0.6) is 11.5 Å². The summed E-state index contributed by atoms with van der Waals surface area (Å²) in [5.74, 6) is 0.586. The minimum absolute atomic E-state index is 0.0197. The monoisotopic (exact) mass is 545 g/mol. The van der Waals surface area contributed by atoms with E-state index < -0.39 is 12.0 Å². The number of hydrogen-bond donors (Lipinski definition) is 0. The highest BCUT2D eigenvalue weighted by atomic mass is 79.9. The van der Waals surface area contributed by atoms with Crippen molar-refractivity contribution in [3.8, 4) is 17.2 Å². The van der Waals surface area contributed by atoms with Gasteiger partial charge in [0.2, 0.25) is 5.91 Å². The smallest absolute Gasteiger partial charge is 0.306 e. The molecule has 35 heavy (non-hydrogen) atoms. The maximum absolute atomic E-state index is 13.7. The largest absolute Gasteiger partial charge is 0.497 e. The second-order valence-electron chi connectivity index (χ2n) is 7.78. The van der Waals surface area contributed by atoms with Gasteiger partial charge in [0.25, 0.3) is 5.56 Å². The summed E-state index contributed by atoms with van der Waals surface area (Å²) in [6.45, 7) is 3.75. The van der Waals surface area contributed by atoms with Crippen LogP contribution in [0, 0.1) is 0 Å². The molecule has 0 saturated heterocycles. The van der Waals surface area contributed by atoms with E-state index in [9.17, 15) is 14.4 Å². The van der Waals surface area contributed by atoms with Crippen LogP contribution in [0.15, 0.2) is 45.7 Å². The molecule has 3 rings (SSSR count). The molecule has 0 aliphatic rings. The number of hydrogen-bond acceptors (Lipinski definition) is 7. The van der Waals surface area contributed by atoms with Crippen molar-refractivity contribution in [2.75, 3.05) is 27.9 Å². The third kappa shape index (κ3) is 5.48. The van der Waals surface area contributed by atoms with Gasteiger partial charge in [-0.2, -0.15) is 0 Å². The van der Waals surface area contributed by atoms with Crippen LogP contribution >= 0.6 is 15.9 Å². The average Bonchev–Trinajstić information content (AvgIpc) is 2.87. The molecule has 0 spiro atoms. The molecule has 1 amide bonds. The number of benzene rings is 2. The van der Waals surface area contributed by atoms with Crippen molar-refractivity contribution in [3.05, 3.63) is 57.0 Å². The molecule has 10 heteroatoms. The predicted molar refractivity (Wildman–Crippen MR) is 135 cm³/mol. The molecule has 2 aromatic carbocycles. The minimum Gasteiger partial charge on any atom is -0.497 e. The number of amides is 1. The van der Waals surface area contributed by atoms with Crippen molar-refractivity contribution in [3.63, 3.8) is 0 Å². The summed E-state index contributed by atoms with van der Waals surface area (Å²) >= 11 is 3.54. The topological polar surface area (TPSA) is 100.0 Å². The van der Waals surface area contributed by atoms with Crippen LogP contribution in [0.25, 0.3) is 16.6 Å². The van der Waals surface area contributed by atoms with Crippen molar-refractivity contribution < 1.29 is 23.8 Å².